The smallest absolute Gasteiger partial charge is 0.414 e. The average Bonchev–Trinajstić information content (AvgIpc) is 2.92. The van der Waals surface area contributed by atoms with Crippen LogP contribution in [-0.2, 0) is 23.2 Å². The third-order valence-electron chi connectivity index (χ3n) is 6.27. The van der Waals surface area contributed by atoms with Crippen LogP contribution in [-0.4, -0.2) is 47.6 Å². The Morgan fingerprint density at radius 2 is 1.78 bits per heavy atom. The van der Waals surface area contributed by atoms with E-state index < -0.39 is 27.7 Å². The minimum absolute atomic E-state index is 0.0798. The highest BCUT2D eigenvalue weighted by molar-refractivity contribution is 7.90. The summed E-state index contributed by atoms with van der Waals surface area (Å²) in [6.45, 7) is 0.211. The fourth-order valence-corrected chi connectivity index (χ4v) is 4.86. The lowest BCUT2D eigenvalue weighted by molar-refractivity contribution is 0.172. The lowest BCUT2D eigenvalue weighted by Crippen LogP contribution is -2.27. The fourth-order valence-electron chi connectivity index (χ4n) is 4.12. The molecule has 0 spiro atoms. The highest BCUT2D eigenvalue weighted by Crippen LogP contribution is 2.30. The van der Waals surface area contributed by atoms with Gasteiger partial charge in [0.05, 0.1) is 5.69 Å². The Bertz CT molecular complexity index is 1780. The van der Waals surface area contributed by atoms with Gasteiger partial charge in [0.25, 0.3) is 10.2 Å². The fraction of sp³-hybridized carbons (Fsp3) is 0.214. The van der Waals surface area contributed by atoms with E-state index in [2.05, 4.69) is 9.44 Å². The van der Waals surface area contributed by atoms with E-state index in [0.717, 1.165) is 5.69 Å². The molecule has 0 bridgehead atoms. The third-order valence-corrected chi connectivity index (χ3v) is 7.53. The quantitative estimate of drug-likeness (QED) is 0.265. The summed E-state index contributed by atoms with van der Waals surface area (Å²) in [6, 6.07) is 16.1. The molecule has 0 aliphatic heterocycles. The Balaban J connectivity index is 1.83. The predicted molar refractivity (Wildman–Crippen MR) is 157 cm³/mol. The van der Waals surface area contributed by atoms with Crippen molar-refractivity contribution in [3.63, 3.8) is 0 Å². The summed E-state index contributed by atoms with van der Waals surface area (Å²) in [5.74, 6) is -0.650. The lowest BCUT2D eigenvalue weighted by Gasteiger charge is -2.22. The number of hydrogen-bond acceptors (Lipinski definition) is 7. The zero-order valence-electron chi connectivity index (χ0n) is 22.7. The maximum Gasteiger partial charge on any atom is 0.414 e. The van der Waals surface area contributed by atoms with Gasteiger partial charge in [-0.25, -0.2) is 18.7 Å². The van der Waals surface area contributed by atoms with E-state index in [9.17, 15) is 18.0 Å². The van der Waals surface area contributed by atoms with Gasteiger partial charge in [0, 0.05) is 68.9 Å². The molecule has 10 nitrogen and oxygen atoms in total. The number of nitrogens with zero attached hydrogens (tertiary/aromatic N) is 2. The van der Waals surface area contributed by atoms with Crippen molar-refractivity contribution in [1.29, 1.82) is 0 Å². The standard InChI is InChI=1S/C28H28ClFN4O6S/c1-31-41(37,38)32-24-10-5-7-17(26(24)30)13-22-23(16-34(4)19-9-6-8-18(29)14-19)21-12-11-20(39-28(36)33(2)3)15-25(21)40-27(22)35/h5-12,14-15,31-32H,13,16H2,1-4H3. The Hall–Kier alpha value is -4.13. The molecule has 1 aromatic heterocycles. The minimum atomic E-state index is -3.97. The normalized spacial score (nSPS) is 11.4. The van der Waals surface area contributed by atoms with Crippen LogP contribution in [0.4, 0.5) is 20.6 Å². The third kappa shape index (κ3) is 6.96. The minimum Gasteiger partial charge on any atom is -0.422 e. The molecule has 4 aromatic rings. The SMILES string of the molecule is CNS(=O)(=O)Nc1cccc(Cc2c(CN(C)c3cccc(Cl)c3)c3ccc(OC(=O)N(C)C)cc3oc2=O)c1F. The van der Waals surface area contributed by atoms with Crippen molar-refractivity contribution in [2.45, 2.75) is 13.0 Å². The van der Waals surface area contributed by atoms with E-state index in [1.807, 2.05) is 18.0 Å². The van der Waals surface area contributed by atoms with Gasteiger partial charge in [-0.15, -0.1) is 0 Å². The van der Waals surface area contributed by atoms with Crippen molar-refractivity contribution in [1.82, 2.24) is 9.62 Å². The molecular formula is C28H28ClFN4O6S. The van der Waals surface area contributed by atoms with Crippen LogP contribution in [0.1, 0.15) is 16.7 Å². The van der Waals surface area contributed by atoms with Crippen molar-refractivity contribution < 1.29 is 26.8 Å². The molecule has 1 amide bonds. The number of benzene rings is 3. The highest BCUT2D eigenvalue weighted by atomic mass is 35.5. The van der Waals surface area contributed by atoms with Gasteiger partial charge in [0.1, 0.15) is 11.3 Å². The number of nitrogens with one attached hydrogen (secondary N) is 2. The molecule has 0 aliphatic carbocycles. The zero-order valence-corrected chi connectivity index (χ0v) is 24.3. The molecule has 0 saturated heterocycles. The molecule has 216 valence electrons. The number of anilines is 2. The number of carbonyl (C=O) groups is 1. The Labute approximate surface area is 241 Å². The van der Waals surface area contributed by atoms with Gasteiger partial charge >= 0.3 is 11.7 Å². The number of amides is 1. The topological polar surface area (TPSA) is 121 Å². The van der Waals surface area contributed by atoms with E-state index in [1.54, 1.807) is 30.3 Å². The van der Waals surface area contributed by atoms with Crippen molar-refractivity contribution in [3.05, 3.63) is 98.6 Å². The van der Waals surface area contributed by atoms with Crippen LogP contribution < -0.4 is 24.7 Å². The van der Waals surface area contributed by atoms with Gasteiger partial charge in [0.2, 0.25) is 0 Å². The number of hydrogen-bond donors (Lipinski definition) is 2. The first kappa shape index (κ1) is 29.8. The van der Waals surface area contributed by atoms with Gasteiger partial charge in [-0.05, 0) is 47.5 Å². The zero-order chi connectivity index (χ0) is 29.9. The molecule has 4 rings (SSSR count). The van der Waals surface area contributed by atoms with Gasteiger partial charge < -0.3 is 19.0 Å². The van der Waals surface area contributed by atoms with E-state index in [0.29, 0.717) is 16.0 Å². The van der Waals surface area contributed by atoms with E-state index in [1.165, 1.54) is 50.3 Å². The lowest BCUT2D eigenvalue weighted by atomic mass is 9.97. The Kier molecular flexibility index (Phi) is 8.86. The summed E-state index contributed by atoms with van der Waals surface area (Å²) in [5, 5.41) is 1.08. The molecule has 3 aromatic carbocycles. The molecule has 0 unspecified atom stereocenters. The summed E-state index contributed by atoms with van der Waals surface area (Å²) < 4.78 is 54.5. The van der Waals surface area contributed by atoms with Gasteiger partial charge in [-0.3, -0.25) is 4.72 Å². The van der Waals surface area contributed by atoms with Crippen molar-refractivity contribution >= 4 is 50.2 Å². The first-order valence-corrected chi connectivity index (χ1v) is 14.2. The predicted octanol–water partition coefficient (Wildman–Crippen LogP) is 4.75. The second kappa shape index (κ2) is 12.2. The number of fused-ring (bicyclic) bond motifs is 1. The number of rotatable bonds is 9. The van der Waals surface area contributed by atoms with Gasteiger partial charge in [-0.2, -0.15) is 8.42 Å². The summed E-state index contributed by atoms with van der Waals surface area (Å²) in [5.41, 5.74) is 0.762. The van der Waals surface area contributed by atoms with E-state index in [-0.39, 0.29) is 41.1 Å². The van der Waals surface area contributed by atoms with Gasteiger partial charge in [-0.1, -0.05) is 29.8 Å². The first-order valence-electron chi connectivity index (χ1n) is 12.3. The molecule has 0 fully saturated rings. The van der Waals surface area contributed by atoms with Crippen LogP contribution in [0.2, 0.25) is 5.02 Å². The van der Waals surface area contributed by atoms with Gasteiger partial charge in [0.15, 0.2) is 5.82 Å². The average molecular weight is 603 g/mol. The summed E-state index contributed by atoms with van der Waals surface area (Å²) in [6.07, 6.45) is -0.788. The van der Waals surface area contributed by atoms with E-state index in [4.69, 9.17) is 20.8 Å². The van der Waals surface area contributed by atoms with Crippen molar-refractivity contribution in [2.24, 2.45) is 0 Å². The van der Waals surface area contributed by atoms with Crippen LogP contribution in [0.15, 0.2) is 69.9 Å². The molecule has 0 radical (unpaired) electrons. The maximum atomic E-state index is 15.4. The Morgan fingerprint density at radius 3 is 2.46 bits per heavy atom. The summed E-state index contributed by atoms with van der Waals surface area (Å²) in [7, 11) is 2.11. The molecular weight excluding hydrogens is 575 g/mol. The number of ether oxygens (including phenoxy) is 1. The molecule has 0 aliphatic rings. The molecule has 0 atom stereocenters. The van der Waals surface area contributed by atoms with E-state index >= 15 is 4.39 Å². The highest BCUT2D eigenvalue weighted by Gasteiger charge is 2.21. The van der Waals surface area contributed by atoms with Crippen LogP contribution in [0.5, 0.6) is 5.75 Å². The van der Waals surface area contributed by atoms with Crippen molar-refractivity contribution in [3.8, 4) is 5.75 Å². The monoisotopic (exact) mass is 602 g/mol. The summed E-state index contributed by atoms with van der Waals surface area (Å²) in [4.78, 5) is 28.6. The number of carbonyl (C=O) groups excluding carboxylic acids is 1. The number of halogens is 2. The molecule has 2 N–H and O–H groups in total. The van der Waals surface area contributed by atoms with Crippen LogP contribution in [0, 0.1) is 5.82 Å². The summed E-state index contributed by atoms with van der Waals surface area (Å²) >= 11 is 6.19. The largest absolute Gasteiger partial charge is 0.422 e. The van der Waals surface area contributed by atoms with Crippen LogP contribution >= 0.6 is 11.6 Å². The first-order chi connectivity index (χ1) is 19.4. The van der Waals surface area contributed by atoms with Crippen molar-refractivity contribution in [2.75, 3.05) is 37.8 Å². The van der Waals surface area contributed by atoms with Crippen LogP contribution in [0.3, 0.4) is 0 Å². The second-order valence-electron chi connectivity index (χ2n) is 9.37. The molecule has 41 heavy (non-hydrogen) atoms. The molecule has 1 heterocycles. The van der Waals surface area contributed by atoms with Crippen LogP contribution in [0.25, 0.3) is 11.0 Å². The second-order valence-corrected chi connectivity index (χ2v) is 11.4. The molecule has 13 heteroatoms. The molecule has 0 saturated carbocycles. The maximum absolute atomic E-state index is 15.4. The Morgan fingerprint density at radius 1 is 1.05 bits per heavy atom.